The van der Waals surface area contributed by atoms with Crippen LogP contribution in [0, 0.1) is 12.9 Å². The highest BCUT2D eigenvalue weighted by atomic mass is 19.1. The molecule has 0 saturated carbocycles. The van der Waals surface area contributed by atoms with Gasteiger partial charge in [0.15, 0.2) is 5.65 Å². The second-order valence-electron chi connectivity index (χ2n) is 9.61. The lowest BCUT2D eigenvalue weighted by molar-refractivity contribution is 0.102. The predicted octanol–water partition coefficient (Wildman–Crippen LogP) is 3.88. The Kier molecular flexibility index (Phi) is 5.76. The van der Waals surface area contributed by atoms with Crippen LogP contribution in [-0.2, 0) is 10.3 Å². The highest BCUT2D eigenvalue weighted by Crippen LogP contribution is 2.31. The molecule has 35 heavy (non-hydrogen) atoms. The second-order valence-corrected chi connectivity index (χ2v) is 9.61. The Hall–Kier alpha value is -3.79. The van der Waals surface area contributed by atoms with E-state index in [1.165, 1.54) is 10.9 Å². The van der Waals surface area contributed by atoms with Gasteiger partial charge in [-0.15, -0.1) is 0 Å². The van der Waals surface area contributed by atoms with Crippen LogP contribution < -0.4 is 10.2 Å². The number of hydrogen-bond acceptors (Lipinski definition) is 6. The molecule has 5 heterocycles. The second kappa shape index (κ2) is 8.77. The maximum atomic E-state index is 14.8. The van der Waals surface area contributed by atoms with Gasteiger partial charge >= 0.3 is 0 Å². The third-order valence-electron chi connectivity index (χ3n) is 6.07. The van der Waals surface area contributed by atoms with Gasteiger partial charge in [0, 0.05) is 48.5 Å². The van der Waals surface area contributed by atoms with E-state index in [1.54, 1.807) is 12.4 Å². The summed E-state index contributed by atoms with van der Waals surface area (Å²) in [7, 11) is 0. The van der Waals surface area contributed by atoms with Crippen LogP contribution in [0.4, 0.5) is 15.8 Å². The van der Waals surface area contributed by atoms with E-state index in [0.29, 0.717) is 18.9 Å². The molecule has 9 nitrogen and oxygen atoms in total. The number of ether oxygens (including phenoxy) is 1. The molecule has 4 aromatic heterocycles. The molecule has 0 bridgehead atoms. The van der Waals surface area contributed by atoms with E-state index in [0.717, 1.165) is 41.2 Å². The Labute approximate surface area is 202 Å². The van der Waals surface area contributed by atoms with Crippen molar-refractivity contribution in [3.63, 3.8) is 0 Å². The molecule has 182 valence electrons. The molecule has 5 rings (SSSR count). The molecule has 4 aromatic rings. The number of carbonyl (C=O) groups is 1. The van der Waals surface area contributed by atoms with Crippen LogP contribution in [0.1, 0.15) is 36.8 Å². The van der Waals surface area contributed by atoms with E-state index in [4.69, 9.17) is 4.74 Å². The van der Waals surface area contributed by atoms with Crippen molar-refractivity contribution in [1.82, 2.24) is 24.1 Å². The molecule has 1 aliphatic rings. The molecule has 0 radical (unpaired) electrons. The SMILES string of the molecule is Cc1ncc(NC(=O)c2cnn(C(C)(C)C)c2F)cc1-c1cc(N2CCOCC2)c2nccn2c1. The van der Waals surface area contributed by atoms with Crippen molar-refractivity contribution in [3.05, 3.63) is 60.3 Å². The monoisotopic (exact) mass is 477 g/mol. The summed E-state index contributed by atoms with van der Waals surface area (Å²) >= 11 is 0. The summed E-state index contributed by atoms with van der Waals surface area (Å²) in [6.45, 7) is 10.3. The number of fused-ring (bicyclic) bond motifs is 1. The highest BCUT2D eigenvalue weighted by molar-refractivity contribution is 6.04. The van der Waals surface area contributed by atoms with Gasteiger partial charge in [-0.3, -0.25) is 9.78 Å². The Balaban J connectivity index is 1.48. The van der Waals surface area contributed by atoms with Gasteiger partial charge in [-0.25, -0.2) is 9.67 Å². The van der Waals surface area contributed by atoms with Gasteiger partial charge in [0.05, 0.1) is 42.5 Å². The number of carbonyl (C=O) groups excluding carboxylic acids is 1. The summed E-state index contributed by atoms with van der Waals surface area (Å²) < 4.78 is 23.5. The summed E-state index contributed by atoms with van der Waals surface area (Å²) in [5, 5.41) is 6.82. The van der Waals surface area contributed by atoms with E-state index >= 15 is 0 Å². The zero-order valence-electron chi connectivity index (χ0n) is 20.2. The maximum Gasteiger partial charge on any atom is 0.261 e. The third-order valence-corrected chi connectivity index (χ3v) is 6.07. The minimum Gasteiger partial charge on any atom is -0.378 e. The number of nitrogens with one attached hydrogen (secondary N) is 1. The van der Waals surface area contributed by atoms with Crippen molar-refractivity contribution in [2.75, 3.05) is 36.5 Å². The zero-order chi connectivity index (χ0) is 24.7. The van der Waals surface area contributed by atoms with Gasteiger partial charge in [-0.1, -0.05) is 0 Å². The van der Waals surface area contributed by atoms with Crippen LogP contribution in [0.3, 0.4) is 0 Å². The van der Waals surface area contributed by atoms with Crippen LogP contribution in [0.25, 0.3) is 16.8 Å². The van der Waals surface area contributed by atoms with Crippen LogP contribution in [0.2, 0.25) is 0 Å². The smallest absolute Gasteiger partial charge is 0.261 e. The van der Waals surface area contributed by atoms with E-state index in [2.05, 4.69) is 31.3 Å². The van der Waals surface area contributed by atoms with Crippen molar-refractivity contribution < 1.29 is 13.9 Å². The Morgan fingerprint density at radius 3 is 2.63 bits per heavy atom. The van der Waals surface area contributed by atoms with E-state index in [1.807, 2.05) is 50.6 Å². The average Bonchev–Trinajstić information content (AvgIpc) is 3.46. The molecule has 0 aliphatic carbocycles. The standard InChI is InChI=1S/C25H28FN7O2/c1-16-19(17-11-21(31-7-9-35-10-8-31)23-27-5-6-32(23)15-17)12-18(13-28-16)30-24(34)20-14-29-33(22(20)26)25(2,3)4/h5-6,11-15H,7-10H2,1-4H3,(H,30,34). The van der Waals surface area contributed by atoms with Gasteiger partial charge in [-0.2, -0.15) is 9.49 Å². The number of morpholine rings is 1. The molecule has 0 atom stereocenters. The third kappa shape index (κ3) is 4.37. The molecular formula is C25H28FN7O2. The number of anilines is 2. The maximum absolute atomic E-state index is 14.8. The van der Waals surface area contributed by atoms with Crippen LogP contribution in [-0.4, -0.2) is 56.4 Å². The number of halogens is 1. The topological polar surface area (TPSA) is 89.6 Å². The fourth-order valence-electron chi connectivity index (χ4n) is 4.24. The fraction of sp³-hybridized carbons (Fsp3) is 0.360. The van der Waals surface area contributed by atoms with Crippen molar-refractivity contribution in [2.45, 2.75) is 33.2 Å². The molecule has 1 saturated heterocycles. The van der Waals surface area contributed by atoms with Crippen molar-refractivity contribution in [2.24, 2.45) is 0 Å². The molecule has 1 amide bonds. The van der Waals surface area contributed by atoms with Crippen molar-refractivity contribution in [3.8, 4) is 11.1 Å². The van der Waals surface area contributed by atoms with E-state index in [9.17, 15) is 9.18 Å². The first-order chi connectivity index (χ1) is 16.7. The summed E-state index contributed by atoms with van der Waals surface area (Å²) in [5.41, 5.74) is 4.27. The first-order valence-electron chi connectivity index (χ1n) is 11.5. The number of pyridine rings is 2. The number of hydrogen-bond donors (Lipinski definition) is 1. The molecular weight excluding hydrogens is 449 g/mol. The Morgan fingerprint density at radius 2 is 1.91 bits per heavy atom. The number of imidazole rings is 1. The molecule has 1 N–H and O–H groups in total. The number of aromatic nitrogens is 5. The van der Waals surface area contributed by atoms with E-state index < -0.39 is 17.4 Å². The van der Waals surface area contributed by atoms with Gasteiger partial charge in [0.25, 0.3) is 5.91 Å². The molecule has 1 fully saturated rings. The molecule has 0 aromatic carbocycles. The average molecular weight is 478 g/mol. The Bertz CT molecular complexity index is 1400. The van der Waals surface area contributed by atoms with Crippen molar-refractivity contribution >= 4 is 22.9 Å². The highest BCUT2D eigenvalue weighted by Gasteiger charge is 2.25. The lowest BCUT2D eigenvalue weighted by Gasteiger charge is -2.29. The number of rotatable bonds is 4. The van der Waals surface area contributed by atoms with Crippen molar-refractivity contribution in [1.29, 1.82) is 0 Å². The molecule has 10 heteroatoms. The van der Waals surface area contributed by atoms with Crippen LogP contribution in [0.5, 0.6) is 0 Å². The van der Waals surface area contributed by atoms with Gasteiger partial charge in [0.1, 0.15) is 5.56 Å². The lowest BCUT2D eigenvalue weighted by atomic mass is 10.0. The number of aryl methyl sites for hydroxylation is 1. The molecule has 0 spiro atoms. The zero-order valence-corrected chi connectivity index (χ0v) is 20.2. The van der Waals surface area contributed by atoms with Gasteiger partial charge < -0.3 is 19.4 Å². The van der Waals surface area contributed by atoms with Crippen LogP contribution in [0.15, 0.2) is 43.1 Å². The number of amides is 1. The minimum absolute atomic E-state index is 0.114. The summed E-state index contributed by atoms with van der Waals surface area (Å²) in [6.07, 6.45) is 8.50. The fourth-order valence-corrected chi connectivity index (χ4v) is 4.24. The van der Waals surface area contributed by atoms with Crippen LogP contribution >= 0.6 is 0 Å². The first kappa shape index (κ1) is 23.0. The Morgan fingerprint density at radius 1 is 1.14 bits per heavy atom. The lowest BCUT2D eigenvalue weighted by Crippen LogP contribution is -2.36. The molecule has 1 aliphatic heterocycles. The quantitative estimate of drug-likeness (QED) is 0.480. The summed E-state index contributed by atoms with van der Waals surface area (Å²) in [5.74, 6) is -1.25. The summed E-state index contributed by atoms with van der Waals surface area (Å²) in [6, 6.07) is 3.95. The van der Waals surface area contributed by atoms with Gasteiger partial charge in [0.2, 0.25) is 5.95 Å². The molecule has 0 unspecified atom stereocenters. The summed E-state index contributed by atoms with van der Waals surface area (Å²) in [4.78, 5) is 24.1. The first-order valence-corrected chi connectivity index (χ1v) is 11.5. The van der Waals surface area contributed by atoms with Gasteiger partial charge in [-0.05, 0) is 39.8 Å². The largest absolute Gasteiger partial charge is 0.378 e. The minimum atomic E-state index is -0.670. The number of nitrogens with zero attached hydrogens (tertiary/aromatic N) is 6. The normalized spacial score (nSPS) is 14.5. The van der Waals surface area contributed by atoms with E-state index in [-0.39, 0.29) is 5.56 Å². The predicted molar refractivity (Wildman–Crippen MR) is 131 cm³/mol.